The lowest BCUT2D eigenvalue weighted by molar-refractivity contribution is 0.0694. The highest BCUT2D eigenvalue weighted by Crippen LogP contribution is 2.44. The molecule has 1 aromatic heterocycles. The van der Waals surface area contributed by atoms with Crippen molar-refractivity contribution in [2.24, 2.45) is 10.9 Å². The van der Waals surface area contributed by atoms with E-state index < -0.39 is 28.8 Å². The van der Waals surface area contributed by atoms with Gasteiger partial charge in [-0.1, -0.05) is 5.16 Å². The van der Waals surface area contributed by atoms with Gasteiger partial charge in [0.25, 0.3) is 0 Å². The van der Waals surface area contributed by atoms with Crippen LogP contribution >= 0.6 is 0 Å². The highest BCUT2D eigenvalue weighted by atomic mass is 19.1. The van der Waals surface area contributed by atoms with Gasteiger partial charge < -0.3 is 39.4 Å². The standard InChI is InChI=1S/C28H31FN4O7/c1-37-17-6-7-23(38-2)15(10-17)14-40-31-22-8-9-32(13-21(22)30)25-20(29)11-18-24(27(25)39-3)33(16-4-5-16)12-19(26(18)34)28(35)36/h6-7,10-12,16,21H,4-5,8-9,13-14,30H2,1-3H3,(H,35,36)/b31-22-. The van der Waals surface area contributed by atoms with Gasteiger partial charge in [-0.05, 0) is 37.1 Å². The van der Waals surface area contributed by atoms with E-state index in [0.717, 1.165) is 24.5 Å². The van der Waals surface area contributed by atoms with Gasteiger partial charge in [-0.2, -0.15) is 0 Å². The molecule has 3 aromatic rings. The third-order valence-corrected chi connectivity index (χ3v) is 7.26. The summed E-state index contributed by atoms with van der Waals surface area (Å²) < 4.78 is 33.7. The summed E-state index contributed by atoms with van der Waals surface area (Å²) in [4.78, 5) is 32.0. The van der Waals surface area contributed by atoms with E-state index in [4.69, 9.17) is 24.8 Å². The number of carboxylic acid groups (broad SMARTS) is 1. The van der Waals surface area contributed by atoms with Crippen molar-refractivity contribution in [1.29, 1.82) is 0 Å². The molecule has 2 aliphatic rings. The third-order valence-electron chi connectivity index (χ3n) is 7.26. The Kier molecular flexibility index (Phi) is 7.53. The molecule has 0 bridgehead atoms. The van der Waals surface area contributed by atoms with Crippen molar-refractivity contribution in [3.8, 4) is 17.2 Å². The van der Waals surface area contributed by atoms with Gasteiger partial charge in [0.05, 0.1) is 44.0 Å². The molecule has 2 heterocycles. The zero-order valence-electron chi connectivity index (χ0n) is 22.5. The highest BCUT2D eigenvalue weighted by molar-refractivity contribution is 5.98. The van der Waals surface area contributed by atoms with Crippen molar-refractivity contribution in [3.63, 3.8) is 0 Å². The van der Waals surface area contributed by atoms with Crippen LogP contribution < -0.4 is 30.3 Å². The number of carboxylic acids is 1. The van der Waals surface area contributed by atoms with Crippen molar-refractivity contribution >= 4 is 28.3 Å². The lowest BCUT2D eigenvalue weighted by atomic mass is 10.0. The molecule has 2 aromatic carbocycles. The fraction of sp³-hybridized carbons (Fsp3) is 0.393. The number of pyridine rings is 1. The van der Waals surface area contributed by atoms with Gasteiger partial charge >= 0.3 is 5.97 Å². The number of oxime groups is 1. The minimum Gasteiger partial charge on any atom is -0.497 e. The summed E-state index contributed by atoms with van der Waals surface area (Å²) in [6.07, 6.45) is 3.38. The molecule has 1 aliphatic heterocycles. The maximum Gasteiger partial charge on any atom is 0.341 e. The molecule has 40 heavy (non-hydrogen) atoms. The Hall–Kier alpha value is -4.32. The molecule has 1 aliphatic carbocycles. The highest BCUT2D eigenvalue weighted by Gasteiger charge is 2.33. The van der Waals surface area contributed by atoms with Gasteiger partial charge in [-0.25, -0.2) is 9.18 Å². The summed E-state index contributed by atoms with van der Waals surface area (Å²) in [6.45, 7) is 0.743. The minimum absolute atomic E-state index is 0.0103. The smallest absolute Gasteiger partial charge is 0.341 e. The summed E-state index contributed by atoms with van der Waals surface area (Å²) in [5, 5.41) is 13.8. The molecule has 0 spiro atoms. The predicted molar refractivity (Wildman–Crippen MR) is 147 cm³/mol. The quantitative estimate of drug-likeness (QED) is 0.382. The molecule has 212 valence electrons. The molecule has 1 saturated carbocycles. The maximum atomic E-state index is 15.6. The summed E-state index contributed by atoms with van der Waals surface area (Å²) in [5.41, 5.74) is 7.20. The number of carbonyl (C=O) groups is 1. The Bertz CT molecular complexity index is 1550. The number of methoxy groups -OCH3 is 3. The SMILES string of the molecule is COc1ccc(OC)c(CO/N=C2/CCN(c3c(F)cc4c(=O)c(C(=O)O)cn(C5CC5)c4c3OC)CC2N)c1. The van der Waals surface area contributed by atoms with Crippen molar-refractivity contribution < 1.29 is 33.3 Å². The molecular formula is C28H31FN4O7. The Morgan fingerprint density at radius 2 is 1.95 bits per heavy atom. The lowest BCUT2D eigenvalue weighted by Gasteiger charge is -2.34. The van der Waals surface area contributed by atoms with Crippen LogP contribution in [0.2, 0.25) is 0 Å². The second-order valence-electron chi connectivity index (χ2n) is 9.79. The largest absolute Gasteiger partial charge is 0.497 e. The molecular weight excluding hydrogens is 523 g/mol. The van der Waals surface area contributed by atoms with Crippen molar-refractivity contribution in [2.75, 3.05) is 39.3 Å². The number of anilines is 1. The number of nitrogens with two attached hydrogens (primary N) is 1. The first kappa shape index (κ1) is 27.3. The molecule has 0 radical (unpaired) electrons. The fourth-order valence-corrected chi connectivity index (χ4v) is 5.09. The van der Waals surface area contributed by atoms with E-state index in [0.29, 0.717) is 35.7 Å². The summed E-state index contributed by atoms with van der Waals surface area (Å²) in [6, 6.07) is 5.93. The Morgan fingerprint density at radius 1 is 1.18 bits per heavy atom. The molecule has 2 fully saturated rings. The second kappa shape index (κ2) is 11.0. The van der Waals surface area contributed by atoms with Gasteiger partial charge in [0.2, 0.25) is 5.43 Å². The third kappa shape index (κ3) is 5.02. The number of aromatic carboxylic acids is 1. The average Bonchev–Trinajstić information content (AvgIpc) is 3.79. The van der Waals surface area contributed by atoms with Crippen molar-refractivity contribution in [2.45, 2.75) is 38.0 Å². The normalized spacial score (nSPS) is 18.2. The van der Waals surface area contributed by atoms with Crippen LogP contribution in [0.5, 0.6) is 17.2 Å². The number of nitrogens with zero attached hydrogens (tertiary/aromatic N) is 3. The molecule has 3 N–H and O–H groups in total. The van der Waals surface area contributed by atoms with Crippen LogP contribution in [0.1, 0.15) is 41.2 Å². The first-order chi connectivity index (χ1) is 19.3. The molecule has 11 nitrogen and oxygen atoms in total. The zero-order valence-corrected chi connectivity index (χ0v) is 22.5. The molecule has 1 saturated heterocycles. The van der Waals surface area contributed by atoms with E-state index in [1.165, 1.54) is 13.3 Å². The number of rotatable bonds is 9. The van der Waals surface area contributed by atoms with Crippen LogP contribution in [0, 0.1) is 5.82 Å². The van der Waals surface area contributed by atoms with Gasteiger partial charge in [0, 0.05) is 37.3 Å². The number of hydrogen-bond acceptors (Lipinski definition) is 9. The molecule has 1 atom stereocenters. The topological polar surface area (TPSA) is 138 Å². The van der Waals surface area contributed by atoms with Crippen molar-refractivity contribution in [3.05, 3.63) is 57.6 Å². The number of piperidine rings is 1. The molecule has 12 heteroatoms. The van der Waals surface area contributed by atoms with E-state index in [9.17, 15) is 14.7 Å². The zero-order chi connectivity index (χ0) is 28.6. The Balaban J connectivity index is 1.42. The van der Waals surface area contributed by atoms with Crippen LogP contribution in [0.25, 0.3) is 10.9 Å². The maximum absolute atomic E-state index is 15.6. The monoisotopic (exact) mass is 554 g/mol. The second-order valence-corrected chi connectivity index (χ2v) is 9.79. The van der Waals surface area contributed by atoms with Gasteiger partial charge in [0.15, 0.2) is 11.6 Å². The van der Waals surface area contributed by atoms with E-state index in [2.05, 4.69) is 5.16 Å². The van der Waals surface area contributed by atoms with E-state index in [-0.39, 0.29) is 36.0 Å². The summed E-state index contributed by atoms with van der Waals surface area (Å²) in [5.74, 6) is -0.579. The number of ether oxygens (including phenoxy) is 3. The number of hydrogen-bond donors (Lipinski definition) is 2. The van der Waals surface area contributed by atoms with Crippen LogP contribution in [-0.4, -0.2) is 61.8 Å². The summed E-state index contributed by atoms with van der Waals surface area (Å²) in [7, 11) is 4.55. The first-order valence-corrected chi connectivity index (χ1v) is 12.9. The van der Waals surface area contributed by atoms with Gasteiger partial charge in [0.1, 0.15) is 29.4 Å². The Morgan fingerprint density at radius 3 is 2.58 bits per heavy atom. The van der Waals surface area contributed by atoms with Gasteiger partial charge in [-0.3, -0.25) is 4.79 Å². The molecule has 0 amide bonds. The van der Waals surface area contributed by atoms with E-state index in [1.54, 1.807) is 41.9 Å². The van der Waals surface area contributed by atoms with Crippen LogP contribution in [0.3, 0.4) is 0 Å². The average molecular weight is 555 g/mol. The minimum atomic E-state index is -1.36. The summed E-state index contributed by atoms with van der Waals surface area (Å²) >= 11 is 0. The van der Waals surface area contributed by atoms with Crippen LogP contribution in [0.4, 0.5) is 10.1 Å². The van der Waals surface area contributed by atoms with Gasteiger partial charge in [-0.15, -0.1) is 0 Å². The Labute approximate surface area is 229 Å². The lowest BCUT2D eigenvalue weighted by Crippen LogP contribution is -2.49. The number of aromatic nitrogens is 1. The fourth-order valence-electron chi connectivity index (χ4n) is 5.09. The van der Waals surface area contributed by atoms with E-state index in [1.807, 2.05) is 0 Å². The number of benzene rings is 2. The molecule has 5 rings (SSSR count). The predicted octanol–water partition coefficient (Wildman–Crippen LogP) is 3.31. The van der Waals surface area contributed by atoms with Crippen molar-refractivity contribution in [1.82, 2.24) is 4.57 Å². The van der Waals surface area contributed by atoms with E-state index >= 15 is 4.39 Å². The molecule has 1 unspecified atom stereocenters. The number of halogens is 1. The van der Waals surface area contributed by atoms with Crippen LogP contribution in [-0.2, 0) is 11.4 Å². The first-order valence-electron chi connectivity index (χ1n) is 12.9. The van der Waals surface area contributed by atoms with Crippen LogP contribution in [0.15, 0.2) is 40.4 Å². The number of fused-ring (bicyclic) bond motifs is 1.